The summed E-state index contributed by atoms with van der Waals surface area (Å²) in [7, 11) is 0. The molecule has 51 heavy (non-hydrogen) atoms. The van der Waals surface area contributed by atoms with Gasteiger partial charge in [-0.2, -0.15) is 6.07 Å². The van der Waals surface area contributed by atoms with E-state index < -0.39 is 0 Å². The molecule has 0 aliphatic rings. The zero-order valence-electron chi connectivity index (χ0n) is 32.0. The predicted octanol–water partition coefficient (Wildman–Crippen LogP) is 7.59. The van der Waals surface area contributed by atoms with Gasteiger partial charge in [0.25, 0.3) is 0 Å². The van der Waals surface area contributed by atoms with Crippen LogP contribution >= 0.6 is 0 Å². The van der Waals surface area contributed by atoms with Crippen molar-refractivity contribution in [3.8, 4) is 22.3 Å². The SMILES string of the molecule is CC(C)c1cc2c(-c3ccccc3)cccc2[cH-]1.C[Si](C)=[Zr+2].Cc1[cH-]c2cccc(-c3ccccc3)c2c1CCCCCCOC(C)(C)C.[Cl-].[Cl-]. The minimum atomic E-state index is -0.0147. The number of benzene rings is 4. The number of hydrogen-bond donors (Lipinski definition) is 0. The molecule has 0 spiro atoms. The maximum Gasteiger partial charge on any atom is 0.0598 e. The van der Waals surface area contributed by atoms with Gasteiger partial charge in [0.15, 0.2) is 0 Å². The van der Waals surface area contributed by atoms with E-state index in [1.54, 1.807) is 23.3 Å². The molecule has 0 atom stereocenters. The first kappa shape index (κ1) is 44.9. The fraction of sp³-hybridized carbons (Fsp3) is 0.348. The largest absolute Gasteiger partial charge is 1.00 e. The molecule has 0 heterocycles. The maximum absolute atomic E-state index is 5.82. The van der Waals surface area contributed by atoms with E-state index in [4.69, 9.17) is 4.74 Å². The fourth-order valence-electron chi connectivity index (χ4n) is 6.32. The number of fused-ring (bicyclic) bond motifs is 2. The van der Waals surface area contributed by atoms with E-state index in [0.717, 1.165) is 13.0 Å². The second-order valence-electron chi connectivity index (χ2n) is 14.7. The van der Waals surface area contributed by atoms with Crippen LogP contribution in [0.25, 0.3) is 43.8 Å². The first-order valence-corrected chi connectivity index (χ1v) is 24.3. The van der Waals surface area contributed by atoms with E-state index in [1.807, 2.05) is 0 Å². The van der Waals surface area contributed by atoms with Gasteiger partial charge in [-0.05, 0) is 44.2 Å². The Morgan fingerprint density at radius 1 is 0.686 bits per heavy atom. The predicted molar refractivity (Wildman–Crippen MR) is 214 cm³/mol. The normalized spacial score (nSPS) is 10.9. The van der Waals surface area contributed by atoms with Crippen LogP contribution in [0.2, 0.25) is 13.1 Å². The van der Waals surface area contributed by atoms with Gasteiger partial charge < -0.3 is 29.6 Å². The third-order valence-corrected chi connectivity index (χ3v) is 8.71. The topological polar surface area (TPSA) is 9.23 Å². The van der Waals surface area contributed by atoms with Crippen LogP contribution in [0, 0.1) is 6.92 Å². The minimum Gasteiger partial charge on any atom is -1.00 e. The summed E-state index contributed by atoms with van der Waals surface area (Å²) in [6.07, 6.45) is 6.09. The van der Waals surface area contributed by atoms with Crippen LogP contribution in [0.5, 0.6) is 0 Å². The zero-order valence-corrected chi connectivity index (χ0v) is 36.9. The van der Waals surface area contributed by atoms with Gasteiger partial charge in [-0.3, -0.25) is 0 Å². The smallest absolute Gasteiger partial charge is 0.0598 e. The molecule has 0 radical (unpaired) electrons. The second kappa shape index (κ2) is 22.1. The van der Waals surface area contributed by atoms with Crippen molar-refractivity contribution in [1.29, 1.82) is 0 Å². The molecule has 5 heteroatoms. The van der Waals surface area contributed by atoms with Crippen LogP contribution in [-0.2, 0) is 34.5 Å². The van der Waals surface area contributed by atoms with E-state index in [1.165, 1.54) is 86.2 Å². The summed E-state index contributed by atoms with van der Waals surface area (Å²) in [5, 5.41) is 5.55. The molecular formula is C46H56Cl2OSiZr-2. The number of unbranched alkanes of at least 4 members (excludes halogenated alkanes) is 3. The van der Waals surface area contributed by atoms with Crippen molar-refractivity contribution in [3.05, 3.63) is 132 Å². The van der Waals surface area contributed by atoms with Crippen molar-refractivity contribution in [2.24, 2.45) is 0 Å². The van der Waals surface area contributed by atoms with E-state index in [9.17, 15) is 0 Å². The van der Waals surface area contributed by atoms with Gasteiger partial charge >= 0.3 is 41.9 Å². The Morgan fingerprint density at radius 3 is 1.78 bits per heavy atom. The first-order chi connectivity index (χ1) is 23.4. The Balaban J connectivity index is 0.000000326. The quantitative estimate of drug-likeness (QED) is 0.0788. The standard InChI is InChI=1S/C26H33O.C18H17.C2H6Si.2ClH.Zr/c1-20-19-22-15-12-17-24(21-13-8-7-9-14-21)25(22)23(20)16-10-5-6-11-18-27-26(2,3)4;1-13(2)16-11-15-9-6-10-17(18(15)12-16)14-7-4-3-5-8-14;1-3-2;;;/h7-9,12-15,17,19H,5-6,10-11,16,18H2,1-4H3;3-13H,1-2H3;1-2H3;2*1H;/q2*-1;;;;+2/p-2. The van der Waals surface area contributed by atoms with Crippen molar-refractivity contribution in [3.63, 3.8) is 0 Å². The molecule has 270 valence electrons. The fourth-order valence-corrected chi connectivity index (χ4v) is 6.32. The molecule has 6 aromatic rings. The molecule has 0 aliphatic heterocycles. The number of rotatable bonds is 10. The summed E-state index contributed by atoms with van der Waals surface area (Å²) < 4.78 is 5.82. The molecular weight excluding hydrogens is 759 g/mol. The van der Waals surface area contributed by atoms with E-state index in [-0.39, 0.29) is 35.8 Å². The summed E-state index contributed by atoms with van der Waals surface area (Å²) in [5.74, 6) is 0.584. The van der Waals surface area contributed by atoms with Gasteiger partial charge in [0.1, 0.15) is 0 Å². The molecule has 0 amide bonds. The van der Waals surface area contributed by atoms with Gasteiger partial charge in [-0.15, -0.1) is 74.6 Å². The van der Waals surface area contributed by atoms with Crippen LogP contribution in [0.15, 0.2) is 115 Å². The van der Waals surface area contributed by atoms with Crippen LogP contribution in [0.1, 0.15) is 82.9 Å². The number of aryl methyl sites for hydroxylation is 2. The molecule has 0 unspecified atom stereocenters. The van der Waals surface area contributed by atoms with Gasteiger partial charge in [0.05, 0.1) is 5.60 Å². The van der Waals surface area contributed by atoms with E-state index in [0.29, 0.717) is 5.92 Å². The monoisotopic (exact) mass is 812 g/mol. The van der Waals surface area contributed by atoms with Crippen LogP contribution < -0.4 is 24.8 Å². The summed E-state index contributed by atoms with van der Waals surface area (Å²) in [5.41, 5.74) is 9.91. The van der Waals surface area contributed by atoms with Crippen LogP contribution in [-0.4, -0.2) is 17.6 Å². The van der Waals surface area contributed by atoms with E-state index in [2.05, 4.69) is 170 Å². The molecule has 0 aromatic heterocycles. The molecule has 0 aliphatic carbocycles. The number of ether oxygens (including phenoxy) is 1. The summed E-state index contributed by atoms with van der Waals surface area (Å²) in [4.78, 5) is 0. The third-order valence-electron chi connectivity index (χ3n) is 8.71. The average molecular weight is 815 g/mol. The van der Waals surface area contributed by atoms with Crippen molar-refractivity contribution < 1.29 is 52.9 Å². The van der Waals surface area contributed by atoms with Gasteiger partial charge in [-0.1, -0.05) is 130 Å². The molecule has 6 rings (SSSR count). The Morgan fingerprint density at radius 2 is 1.22 bits per heavy atom. The van der Waals surface area contributed by atoms with Crippen molar-refractivity contribution >= 4 is 27.0 Å². The Hall–Kier alpha value is -2.26. The Kier molecular flexibility index (Phi) is 19.4. The average Bonchev–Trinajstić information content (AvgIpc) is 3.65. The Bertz CT molecular complexity index is 1890. The van der Waals surface area contributed by atoms with Crippen LogP contribution in [0.3, 0.4) is 0 Å². The van der Waals surface area contributed by atoms with Gasteiger partial charge in [-0.25, -0.2) is 0 Å². The van der Waals surface area contributed by atoms with Gasteiger partial charge in [0.2, 0.25) is 0 Å². The van der Waals surface area contributed by atoms with E-state index >= 15 is 0 Å². The molecule has 0 saturated carbocycles. The van der Waals surface area contributed by atoms with Crippen molar-refractivity contribution in [2.75, 3.05) is 6.61 Å². The molecule has 0 fully saturated rings. The van der Waals surface area contributed by atoms with Crippen molar-refractivity contribution in [1.82, 2.24) is 0 Å². The molecule has 0 saturated heterocycles. The summed E-state index contributed by atoms with van der Waals surface area (Å²) >= 11 is 1.74. The number of halogens is 2. The first-order valence-electron chi connectivity index (χ1n) is 18.1. The Labute approximate surface area is 336 Å². The molecule has 0 N–H and O–H groups in total. The third kappa shape index (κ3) is 13.9. The van der Waals surface area contributed by atoms with Crippen LogP contribution in [0.4, 0.5) is 0 Å². The molecule has 6 aromatic carbocycles. The van der Waals surface area contributed by atoms with Crippen molar-refractivity contribution in [2.45, 2.75) is 98.3 Å². The number of hydrogen-bond acceptors (Lipinski definition) is 1. The second-order valence-corrected chi connectivity index (χ2v) is 24.1. The molecule has 1 nitrogen and oxygen atoms in total. The maximum atomic E-state index is 5.82. The molecule has 0 bridgehead atoms. The summed E-state index contributed by atoms with van der Waals surface area (Å²) in [6.45, 7) is 18.6. The summed E-state index contributed by atoms with van der Waals surface area (Å²) in [6, 6.07) is 41.7. The van der Waals surface area contributed by atoms with Gasteiger partial charge in [0, 0.05) is 6.61 Å². The minimum absolute atomic E-state index is 0. The zero-order chi connectivity index (χ0) is 35.4.